The van der Waals surface area contributed by atoms with E-state index in [0.717, 1.165) is 16.7 Å². The third kappa shape index (κ3) is 8.23. The van der Waals surface area contributed by atoms with Crippen LogP contribution in [0.3, 0.4) is 0 Å². The average molecular weight is 585 g/mol. The number of hydrogen-bond acceptors (Lipinski definition) is 5. The standard InChI is InChI=1S/C35H44N4O4/c1-24(2)38(25(3)4)21-19-36-34(41)33-31-17-16-30(43-23-27-12-8-6-9-13-27)22-29(31)18-20-39(33)35(42)32(37-26(5)40)28-14-10-7-11-15-28/h6-17,22,24-25,32-33H,18-21,23H2,1-5H3,(H,36,41)(H,37,40)/t32-,33?/m1/s1. The number of amides is 3. The van der Waals surface area contributed by atoms with E-state index < -0.39 is 12.1 Å². The summed E-state index contributed by atoms with van der Waals surface area (Å²) in [7, 11) is 0. The SMILES string of the molecule is CC(=O)N[C@@H](C(=O)N1CCc2cc(OCc3ccccc3)ccc2C1C(=O)NCCN(C(C)C)C(C)C)c1ccccc1. The van der Waals surface area contributed by atoms with Gasteiger partial charge in [-0.25, -0.2) is 0 Å². The van der Waals surface area contributed by atoms with Gasteiger partial charge in [-0.3, -0.25) is 19.3 Å². The van der Waals surface area contributed by atoms with Crippen LogP contribution in [0.1, 0.15) is 69.0 Å². The monoisotopic (exact) mass is 584 g/mol. The highest BCUT2D eigenvalue weighted by atomic mass is 16.5. The quantitative estimate of drug-likeness (QED) is 0.319. The lowest BCUT2D eigenvalue weighted by atomic mass is 9.90. The maximum absolute atomic E-state index is 14.1. The first-order chi connectivity index (χ1) is 20.7. The van der Waals surface area contributed by atoms with Crippen molar-refractivity contribution in [2.45, 2.75) is 71.8 Å². The van der Waals surface area contributed by atoms with Gasteiger partial charge in [0.2, 0.25) is 11.8 Å². The molecule has 0 saturated heterocycles. The van der Waals surface area contributed by atoms with Crippen LogP contribution < -0.4 is 15.4 Å². The molecule has 8 nitrogen and oxygen atoms in total. The van der Waals surface area contributed by atoms with E-state index in [1.165, 1.54) is 6.92 Å². The molecule has 43 heavy (non-hydrogen) atoms. The third-order valence-electron chi connectivity index (χ3n) is 7.85. The maximum atomic E-state index is 14.1. The highest BCUT2D eigenvalue weighted by molar-refractivity contribution is 5.93. The van der Waals surface area contributed by atoms with Crippen molar-refractivity contribution >= 4 is 17.7 Å². The number of ether oxygens (including phenoxy) is 1. The Labute approximate surface area is 255 Å². The van der Waals surface area contributed by atoms with E-state index in [2.05, 4.69) is 43.2 Å². The van der Waals surface area contributed by atoms with Crippen LogP contribution in [0.2, 0.25) is 0 Å². The molecule has 1 aliphatic rings. The zero-order valence-electron chi connectivity index (χ0n) is 25.9. The molecule has 0 aliphatic carbocycles. The van der Waals surface area contributed by atoms with Crippen molar-refractivity contribution in [3.63, 3.8) is 0 Å². The minimum Gasteiger partial charge on any atom is -0.489 e. The second kappa shape index (κ2) is 14.8. The van der Waals surface area contributed by atoms with E-state index in [0.29, 0.717) is 56.1 Å². The van der Waals surface area contributed by atoms with E-state index in [1.807, 2.05) is 78.9 Å². The highest BCUT2D eigenvalue weighted by Crippen LogP contribution is 2.34. The molecule has 228 valence electrons. The Bertz CT molecular complexity index is 1370. The number of fused-ring (bicyclic) bond motifs is 1. The van der Waals surface area contributed by atoms with Gasteiger partial charge in [-0.15, -0.1) is 0 Å². The molecule has 8 heteroatoms. The first-order valence-corrected chi connectivity index (χ1v) is 15.1. The number of nitrogens with one attached hydrogen (secondary N) is 2. The molecule has 0 bridgehead atoms. The topological polar surface area (TPSA) is 91.0 Å². The molecule has 0 radical (unpaired) electrons. The summed E-state index contributed by atoms with van der Waals surface area (Å²) < 4.78 is 6.07. The minimum atomic E-state index is -0.901. The van der Waals surface area contributed by atoms with E-state index in [4.69, 9.17) is 4.74 Å². The zero-order chi connectivity index (χ0) is 30.9. The number of carbonyl (C=O) groups is 3. The van der Waals surface area contributed by atoms with Gasteiger partial charge in [-0.05, 0) is 68.5 Å². The minimum absolute atomic E-state index is 0.241. The summed E-state index contributed by atoms with van der Waals surface area (Å²) in [4.78, 5) is 44.2. The van der Waals surface area contributed by atoms with Gasteiger partial charge in [0.15, 0.2) is 0 Å². The Kier molecular flexibility index (Phi) is 11.0. The molecule has 0 fully saturated rings. The molecule has 1 unspecified atom stereocenters. The van der Waals surface area contributed by atoms with Crippen molar-refractivity contribution < 1.29 is 19.1 Å². The fourth-order valence-corrected chi connectivity index (χ4v) is 5.77. The molecule has 0 saturated carbocycles. The Morgan fingerprint density at radius 3 is 2.21 bits per heavy atom. The van der Waals surface area contributed by atoms with Crippen molar-refractivity contribution in [2.75, 3.05) is 19.6 Å². The van der Waals surface area contributed by atoms with Crippen LogP contribution in [-0.2, 0) is 27.4 Å². The van der Waals surface area contributed by atoms with Crippen molar-refractivity contribution in [3.05, 3.63) is 101 Å². The smallest absolute Gasteiger partial charge is 0.250 e. The van der Waals surface area contributed by atoms with Crippen molar-refractivity contribution in [2.24, 2.45) is 0 Å². The summed E-state index contributed by atoms with van der Waals surface area (Å²) in [6.07, 6.45) is 0.559. The molecule has 2 atom stereocenters. The van der Waals surface area contributed by atoms with Gasteiger partial charge < -0.3 is 20.3 Å². The molecule has 1 heterocycles. The van der Waals surface area contributed by atoms with Gasteiger partial charge in [0, 0.05) is 38.6 Å². The van der Waals surface area contributed by atoms with Gasteiger partial charge >= 0.3 is 0 Å². The number of rotatable bonds is 12. The molecule has 4 rings (SSSR count). The molecular weight excluding hydrogens is 540 g/mol. The van der Waals surface area contributed by atoms with Crippen molar-refractivity contribution in [1.82, 2.24) is 20.4 Å². The number of hydrogen-bond donors (Lipinski definition) is 2. The number of nitrogens with zero attached hydrogens (tertiary/aromatic N) is 2. The van der Waals surface area contributed by atoms with Gasteiger partial charge in [0.25, 0.3) is 5.91 Å². The maximum Gasteiger partial charge on any atom is 0.250 e. The molecule has 2 N–H and O–H groups in total. The highest BCUT2D eigenvalue weighted by Gasteiger charge is 2.39. The lowest BCUT2D eigenvalue weighted by Gasteiger charge is -2.38. The van der Waals surface area contributed by atoms with Gasteiger partial charge in [0.1, 0.15) is 24.4 Å². The normalized spacial score (nSPS) is 15.3. The lowest BCUT2D eigenvalue weighted by molar-refractivity contribution is -0.144. The Balaban J connectivity index is 1.61. The fourth-order valence-electron chi connectivity index (χ4n) is 5.77. The van der Waals surface area contributed by atoms with Crippen LogP contribution in [0.5, 0.6) is 5.75 Å². The Hall–Kier alpha value is -4.17. The van der Waals surface area contributed by atoms with Crippen LogP contribution in [0, 0.1) is 0 Å². The van der Waals surface area contributed by atoms with Crippen LogP contribution in [-0.4, -0.2) is 59.2 Å². The van der Waals surface area contributed by atoms with E-state index in [-0.39, 0.29) is 17.7 Å². The van der Waals surface area contributed by atoms with E-state index >= 15 is 0 Å². The van der Waals surface area contributed by atoms with Crippen LogP contribution in [0.15, 0.2) is 78.9 Å². The molecule has 0 spiro atoms. The Morgan fingerprint density at radius 1 is 0.930 bits per heavy atom. The van der Waals surface area contributed by atoms with Crippen molar-refractivity contribution in [3.8, 4) is 5.75 Å². The van der Waals surface area contributed by atoms with E-state index in [1.54, 1.807) is 4.90 Å². The summed E-state index contributed by atoms with van der Waals surface area (Å²) in [5.41, 5.74) is 3.47. The number of benzene rings is 3. The molecule has 1 aliphatic heterocycles. The fraction of sp³-hybridized carbons (Fsp3) is 0.400. The molecule has 3 aromatic carbocycles. The van der Waals surface area contributed by atoms with Gasteiger partial charge in [-0.1, -0.05) is 66.7 Å². The molecule has 3 amide bonds. The number of carbonyl (C=O) groups excluding carboxylic acids is 3. The summed E-state index contributed by atoms with van der Waals surface area (Å²) in [6.45, 7) is 11.9. The lowest BCUT2D eigenvalue weighted by Crippen LogP contribution is -2.52. The largest absolute Gasteiger partial charge is 0.489 e. The van der Waals surface area contributed by atoms with Crippen LogP contribution >= 0.6 is 0 Å². The first-order valence-electron chi connectivity index (χ1n) is 15.1. The predicted molar refractivity (Wildman–Crippen MR) is 168 cm³/mol. The first kappa shape index (κ1) is 31.8. The van der Waals surface area contributed by atoms with Gasteiger partial charge in [-0.2, -0.15) is 0 Å². The van der Waals surface area contributed by atoms with Crippen molar-refractivity contribution in [1.29, 1.82) is 0 Å². The summed E-state index contributed by atoms with van der Waals surface area (Å²) in [5, 5.41) is 5.92. The second-order valence-electron chi connectivity index (χ2n) is 11.6. The summed E-state index contributed by atoms with van der Waals surface area (Å²) in [6, 6.07) is 23.8. The van der Waals surface area contributed by atoms with Crippen LogP contribution in [0.25, 0.3) is 0 Å². The second-order valence-corrected chi connectivity index (χ2v) is 11.6. The molecule has 3 aromatic rings. The third-order valence-corrected chi connectivity index (χ3v) is 7.85. The zero-order valence-corrected chi connectivity index (χ0v) is 25.9. The molecular formula is C35H44N4O4. The summed E-state index contributed by atoms with van der Waals surface area (Å²) >= 11 is 0. The predicted octanol–water partition coefficient (Wildman–Crippen LogP) is 4.80. The average Bonchev–Trinajstić information content (AvgIpc) is 3.00. The van der Waals surface area contributed by atoms with E-state index in [9.17, 15) is 14.4 Å². The van der Waals surface area contributed by atoms with Crippen LogP contribution in [0.4, 0.5) is 0 Å². The molecule has 0 aromatic heterocycles. The summed E-state index contributed by atoms with van der Waals surface area (Å²) in [5.74, 6) is -0.160. The Morgan fingerprint density at radius 2 is 1.58 bits per heavy atom. The van der Waals surface area contributed by atoms with Gasteiger partial charge in [0.05, 0.1) is 0 Å².